The fourth-order valence-electron chi connectivity index (χ4n) is 1.74. The molecule has 0 radical (unpaired) electrons. The Labute approximate surface area is 101 Å². The normalized spacial score (nSPS) is 19.9. The van der Waals surface area contributed by atoms with E-state index in [2.05, 4.69) is 15.9 Å². The van der Waals surface area contributed by atoms with Crippen molar-refractivity contribution in [2.75, 3.05) is 11.4 Å². The van der Waals surface area contributed by atoms with E-state index in [1.165, 1.54) is 4.90 Å². The molecule has 1 N–H and O–H groups in total. The number of nitrogens with zero attached hydrogens (tertiary/aromatic N) is 2. The zero-order chi connectivity index (χ0) is 11.7. The van der Waals surface area contributed by atoms with E-state index in [4.69, 9.17) is 5.26 Å². The number of nitriles is 1. The molecule has 1 heterocycles. The van der Waals surface area contributed by atoms with Gasteiger partial charge in [0, 0.05) is 0 Å². The lowest BCUT2D eigenvalue weighted by molar-refractivity contribution is -0.117. The molecule has 1 fully saturated rings. The molecule has 0 aliphatic carbocycles. The van der Waals surface area contributed by atoms with E-state index in [9.17, 15) is 9.90 Å². The topological polar surface area (TPSA) is 64.3 Å². The SMILES string of the molecule is N#Cc1cccc(N2CC(O)CC2=O)c1Br. The van der Waals surface area contributed by atoms with Crippen LogP contribution in [0.4, 0.5) is 5.69 Å². The maximum atomic E-state index is 11.6. The van der Waals surface area contributed by atoms with Gasteiger partial charge in [-0.2, -0.15) is 5.26 Å². The maximum Gasteiger partial charge on any atom is 0.229 e. The molecule has 16 heavy (non-hydrogen) atoms. The van der Waals surface area contributed by atoms with Gasteiger partial charge in [-0.1, -0.05) is 6.07 Å². The van der Waals surface area contributed by atoms with Crippen LogP contribution in [-0.2, 0) is 4.79 Å². The van der Waals surface area contributed by atoms with Gasteiger partial charge in [0.05, 0.1) is 34.8 Å². The van der Waals surface area contributed by atoms with Gasteiger partial charge in [-0.15, -0.1) is 0 Å². The number of hydrogen-bond donors (Lipinski definition) is 1. The molecule has 0 saturated carbocycles. The Kier molecular flexibility index (Phi) is 2.95. The first kappa shape index (κ1) is 11.1. The van der Waals surface area contributed by atoms with Crippen molar-refractivity contribution in [3.05, 3.63) is 28.2 Å². The van der Waals surface area contributed by atoms with Gasteiger partial charge in [-0.3, -0.25) is 4.79 Å². The molecule has 2 rings (SSSR count). The summed E-state index contributed by atoms with van der Waals surface area (Å²) in [6, 6.07) is 7.18. The summed E-state index contributed by atoms with van der Waals surface area (Å²) in [6.45, 7) is 0.284. The summed E-state index contributed by atoms with van der Waals surface area (Å²) in [5.41, 5.74) is 1.12. The third kappa shape index (κ3) is 1.82. The van der Waals surface area contributed by atoms with Gasteiger partial charge in [-0.25, -0.2) is 0 Å². The van der Waals surface area contributed by atoms with Gasteiger partial charge < -0.3 is 10.0 Å². The van der Waals surface area contributed by atoms with Crippen LogP contribution in [0.3, 0.4) is 0 Å². The van der Waals surface area contributed by atoms with Crippen molar-refractivity contribution in [3.63, 3.8) is 0 Å². The van der Waals surface area contributed by atoms with Crippen LogP contribution < -0.4 is 4.90 Å². The van der Waals surface area contributed by atoms with Crippen LogP contribution in [0, 0.1) is 11.3 Å². The molecule has 1 aliphatic rings. The van der Waals surface area contributed by atoms with Crippen LogP contribution in [0.15, 0.2) is 22.7 Å². The summed E-state index contributed by atoms with van der Waals surface area (Å²) in [5.74, 6) is -0.122. The first-order valence-corrected chi connectivity index (χ1v) is 5.60. The Hall–Kier alpha value is -1.38. The second-order valence-electron chi connectivity index (χ2n) is 3.61. The molecule has 1 aliphatic heterocycles. The molecular formula is C11H9BrN2O2. The van der Waals surface area contributed by atoms with Crippen molar-refractivity contribution >= 4 is 27.5 Å². The van der Waals surface area contributed by atoms with Crippen molar-refractivity contribution < 1.29 is 9.90 Å². The van der Waals surface area contributed by atoms with Crippen molar-refractivity contribution in [2.24, 2.45) is 0 Å². The minimum Gasteiger partial charge on any atom is -0.391 e. The molecule has 0 bridgehead atoms. The predicted octanol–water partition coefficient (Wildman–Crippen LogP) is 1.42. The van der Waals surface area contributed by atoms with Crippen LogP contribution in [0.5, 0.6) is 0 Å². The Morgan fingerprint density at radius 1 is 1.56 bits per heavy atom. The maximum absolute atomic E-state index is 11.6. The largest absolute Gasteiger partial charge is 0.391 e. The quantitative estimate of drug-likeness (QED) is 0.846. The summed E-state index contributed by atoms with van der Waals surface area (Å²) >= 11 is 3.30. The molecule has 1 atom stereocenters. The standard InChI is InChI=1S/C11H9BrN2O2/c12-11-7(5-13)2-1-3-9(11)14-6-8(15)4-10(14)16/h1-3,8,15H,4,6H2. The van der Waals surface area contributed by atoms with E-state index in [1.54, 1.807) is 18.2 Å². The molecule has 1 aromatic carbocycles. The average molecular weight is 281 g/mol. The lowest BCUT2D eigenvalue weighted by Gasteiger charge is -2.17. The summed E-state index contributed by atoms with van der Waals surface area (Å²) in [7, 11) is 0. The number of benzene rings is 1. The van der Waals surface area contributed by atoms with E-state index in [-0.39, 0.29) is 18.9 Å². The number of amides is 1. The first-order chi connectivity index (χ1) is 7.63. The molecule has 1 saturated heterocycles. The number of carbonyl (C=O) groups excluding carboxylic acids is 1. The number of aliphatic hydroxyl groups is 1. The first-order valence-electron chi connectivity index (χ1n) is 4.80. The molecule has 1 unspecified atom stereocenters. The van der Waals surface area contributed by atoms with Crippen LogP contribution in [0.2, 0.25) is 0 Å². The summed E-state index contributed by atoms with van der Waals surface area (Å²) in [6.07, 6.45) is -0.478. The number of aliphatic hydroxyl groups excluding tert-OH is 1. The number of rotatable bonds is 1. The number of carbonyl (C=O) groups is 1. The molecule has 5 heteroatoms. The molecular weight excluding hydrogens is 272 g/mol. The monoisotopic (exact) mass is 280 g/mol. The Morgan fingerprint density at radius 2 is 2.31 bits per heavy atom. The Bertz CT molecular complexity index is 481. The van der Waals surface area contributed by atoms with Gasteiger partial charge in [-0.05, 0) is 28.1 Å². The fraction of sp³-hybridized carbons (Fsp3) is 0.273. The molecule has 0 aromatic heterocycles. The predicted molar refractivity (Wildman–Crippen MR) is 61.8 cm³/mol. The molecule has 1 aromatic rings. The minimum atomic E-state index is -0.620. The smallest absolute Gasteiger partial charge is 0.229 e. The highest BCUT2D eigenvalue weighted by Crippen LogP contribution is 2.32. The van der Waals surface area contributed by atoms with E-state index < -0.39 is 6.10 Å². The van der Waals surface area contributed by atoms with Crippen molar-refractivity contribution in [1.29, 1.82) is 5.26 Å². The van der Waals surface area contributed by atoms with Gasteiger partial charge in [0.15, 0.2) is 0 Å². The summed E-state index contributed by atoms with van der Waals surface area (Å²) < 4.78 is 0.597. The number of halogens is 1. The average Bonchev–Trinajstić information content (AvgIpc) is 2.58. The minimum absolute atomic E-state index is 0.122. The van der Waals surface area contributed by atoms with E-state index in [0.29, 0.717) is 15.7 Å². The fourth-order valence-corrected chi connectivity index (χ4v) is 2.30. The van der Waals surface area contributed by atoms with Crippen molar-refractivity contribution in [2.45, 2.75) is 12.5 Å². The van der Waals surface area contributed by atoms with Gasteiger partial charge in [0.25, 0.3) is 0 Å². The van der Waals surface area contributed by atoms with Crippen molar-refractivity contribution in [1.82, 2.24) is 0 Å². The number of anilines is 1. The lowest BCUT2D eigenvalue weighted by Crippen LogP contribution is -2.25. The zero-order valence-corrected chi connectivity index (χ0v) is 9.94. The van der Waals surface area contributed by atoms with Gasteiger partial charge in [0.2, 0.25) is 5.91 Å². The molecule has 1 amide bonds. The summed E-state index contributed by atoms with van der Waals surface area (Å²) in [4.78, 5) is 13.1. The van der Waals surface area contributed by atoms with Gasteiger partial charge in [0.1, 0.15) is 6.07 Å². The molecule has 4 nitrogen and oxygen atoms in total. The number of β-amino-alcohol motifs (C(OH)–C–C–N with tert-alkyl or cyclic N) is 1. The Morgan fingerprint density at radius 3 is 2.88 bits per heavy atom. The lowest BCUT2D eigenvalue weighted by atomic mass is 10.2. The highest BCUT2D eigenvalue weighted by molar-refractivity contribution is 9.10. The zero-order valence-electron chi connectivity index (χ0n) is 8.35. The van der Waals surface area contributed by atoms with Crippen LogP contribution in [-0.4, -0.2) is 23.7 Å². The highest BCUT2D eigenvalue weighted by atomic mass is 79.9. The van der Waals surface area contributed by atoms with Crippen LogP contribution >= 0.6 is 15.9 Å². The van der Waals surface area contributed by atoms with Gasteiger partial charge >= 0.3 is 0 Å². The van der Waals surface area contributed by atoms with Crippen LogP contribution in [0.1, 0.15) is 12.0 Å². The third-order valence-electron chi connectivity index (χ3n) is 2.49. The summed E-state index contributed by atoms with van der Waals surface area (Å²) in [5, 5.41) is 18.3. The van der Waals surface area contributed by atoms with E-state index in [1.807, 2.05) is 6.07 Å². The second kappa shape index (κ2) is 4.24. The van der Waals surface area contributed by atoms with E-state index in [0.717, 1.165) is 0 Å². The molecule has 82 valence electrons. The van der Waals surface area contributed by atoms with Crippen molar-refractivity contribution in [3.8, 4) is 6.07 Å². The van der Waals surface area contributed by atoms with Crippen LogP contribution in [0.25, 0.3) is 0 Å². The second-order valence-corrected chi connectivity index (χ2v) is 4.41. The number of hydrogen-bond acceptors (Lipinski definition) is 3. The Balaban J connectivity index is 2.42. The third-order valence-corrected chi connectivity index (χ3v) is 3.33. The molecule has 0 spiro atoms. The highest BCUT2D eigenvalue weighted by Gasteiger charge is 2.30. The van der Waals surface area contributed by atoms with E-state index >= 15 is 0 Å².